The highest BCUT2D eigenvalue weighted by molar-refractivity contribution is 5.29. The van der Waals surface area contributed by atoms with E-state index in [1.807, 2.05) is 13.8 Å². The lowest BCUT2D eigenvalue weighted by Crippen LogP contribution is -2.37. The maximum atomic E-state index is 12.9. The standard InChI is InChI=1S/C11H16FNO/c1-8-6-9(4-5-10(8)12)14-11(2,3)7-13/h4-6H,7,13H2,1-3H3. The van der Waals surface area contributed by atoms with Crippen LogP contribution in [0.2, 0.25) is 0 Å². The summed E-state index contributed by atoms with van der Waals surface area (Å²) < 4.78 is 18.5. The molecule has 0 unspecified atom stereocenters. The highest BCUT2D eigenvalue weighted by atomic mass is 19.1. The molecule has 1 rings (SSSR count). The summed E-state index contributed by atoms with van der Waals surface area (Å²) in [6, 6.07) is 4.68. The lowest BCUT2D eigenvalue weighted by atomic mass is 10.1. The van der Waals surface area contributed by atoms with Crippen molar-refractivity contribution in [3.8, 4) is 5.75 Å². The van der Waals surface area contributed by atoms with Gasteiger partial charge in [0, 0.05) is 6.54 Å². The van der Waals surface area contributed by atoms with E-state index in [-0.39, 0.29) is 5.82 Å². The number of ether oxygens (including phenoxy) is 1. The summed E-state index contributed by atoms with van der Waals surface area (Å²) in [6.07, 6.45) is 0. The molecule has 0 atom stereocenters. The molecule has 0 aliphatic heterocycles. The third-order valence-electron chi connectivity index (χ3n) is 2.02. The van der Waals surface area contributed by atoms with Crippen molar-refractivity contribution >= 4 is 0 Å². The summed E-state index contributed by atoms with van der Waals surface area (Å²) in [4.78, 5) is 0. The van der Waals surface area contributed by atoms with Crippen LogP contribution in [0.1, 0.15) is 19.4 Å². The van der Waals surface area contributed by atoms with E-state index in [0.717, 1.165) is 0 Å². The predicted molar refractivity (Wildman–Crippen MR) is 54.9 cm³/mol. The van der Waals surface area contributed by atoms with Crippen LogP contribution < -0.4 is 10.5 Å². The second-order valence-corrected chi connectivity index (χ2v) is 3.98. The molecule has 0 saturated heterocycles. The fourth-order valence-corrected chi connectivity index (χ4v) is 1.04. The number of aryl methyl sites for hydroxylation is 1. The van der Waals surface area contributed by atoms with Gasteiger partial charge in [0.25, 0.3) is 0 Å². The topological polar surface area (TPSA) is 35.2 Å². The summed E-state index contributed by atoms with van der Waals surface area (Å²) in [5.74, 6) is 0.433. The Kier molecular flexibility index (Phi) is 3.11. The second-order valence-electron chi connectivity index (χ2n) is 3.98. The van der Waals surface area contributed by atoms with Gasteiger partial charge in [-0.1, -0.05) is 0 Å². The van der Waals surface area contributed by atoms with Gasteiger partial charge in [0.2, 0.25) is 0 Å². The van der Waals surface area contributed by atoms with Crippen LogP contribution in [0, 0.1) is 12.7 Å². The molecule has 0 aromatic heterocycles. The molecule has 2 nitrogen and oxygen atoms in total. The molecule has 0 aliphatic carbocycles. The van der Waals surface area contributed by atoms with Crippen LogP contribution in [-0.4, -0.2) is 12.1 Å². The first-order valence-corrected chi connectivity index (χ1v) is 4.60. The van der Waals surface area contributed by atoms with E-state index in [2.05, 4.69) is 0 Å². The van der Waals surface area contributed by atoms with Gasteiger partial charge in [-0.15, -0.1) is 0 Å². The number of nitrogens with two attached hydrogens (primary N) is 1. The normalized spacial score (nSPS) is 11.5. The third-order valence-corrected chi connectivity index (χ3v) is 2.02. The van der Waals surface area contributed by atoms with Gasteiger partial charge in [0.05, 0.1) is 0 Å². The molecule has 0 spiro atoms. The molecule has 0 heterocycles. The molecule has 0 bridgehead atoms. The van der Waals surface area contributed by atoms with Crippen LogP contribution in [0.4, 0.5) is 4.39 Å². The van der Waals surface area contributed by atoms with Crippen LogP contribution >= 0.6 is 0 Å². The van der Waals surface area contributed by atoms with Gasteiger partial charge in [-0.05, 0) is 44.5 Å². The largest absolute Gasteiger partial charge is 0.487 e. The van der Waals surface area contributed by atoms with Gasteiger partial charge in [0.15, 0.2) is 0 Å². The van der Waals surface area contributed by atoms with Crippen LogP contribution in [0.3, 0.4) is 0 Å². The highest BCUT2D eigenvalue weighted by Crippen LogP contribution is 2.20. The average Bonchev–Trinajstić information content (AvgIpc) is 2.11. The maximum Gasteiger partial charge on any atom is 0.126 e. The zero-order chi connectivity index (χ0) is 10.8. The van der Waals surface area contributed by atoms with E-state index in [4.69, 9.17) is 10.5 Å². The van der Waals surface area contributed by atoms with Crippen molar-refractivity contribution in [3.05, 3.63) is 29.6 Å². The Morgan fingerprint density at radius 3 is 2.57 bits per heavy atom. The fraction of sp³-hybridized carbons (Fsp3) is 0.455. The van der Waals surface area contributed by atoms with Crippen molar-refractivity contribution in [2.75, 3.05) is 6.54 Å². The number of halogens is 1. The summed E-state index contributed by atoms with van der Waals surface area (Å²) >= 11 is 0. The minimum Gasteiger partial charge on any atom is -0.487 e. The monoisotopic (exact) mass is 197 g/mol. The maximum absolute atomic E-state index is 12.9. The van der Waals surface area contributed by atoms with Crippen molar-refractivity contribution in [1.82, 2.24) is 0 Å². The molecule has 0 saturated carbocycles. The SMILES string of the molecule is Cc1cc(OC(C)(C)CN)ccc1F. The summed E-state index contributed by atoms with van der Waals surface area (Å²) in [5, 5.41) is 0. The third kappa shape index (κ3) is 2.70. The Morgan fingerprint density at radius 2 is 2.07 bits per heavy atom. The summed E-state index contributed by atoms with van der Waals surface area (Å²) in [5.41, 5.74) is 5.69. The molecule has 1 aromatic rings. The van der Waals surface area contributed by atoms with E-state index in [0.29, 0.717) is 17.9 Å². The first-order valence-electron chi connectivity index (χ1n) is 4.60. The van der Waals surface area contributed by atoms with Gasteiger partial charge >= 0.3 is 0 Å². The molecular weight excluding hydrogens is 181 g/mol. The molecule has 0 aliphatic rings. The molecule has 0 fully saturated rings. The van der Waals surface area contributed by atoms with Gasteiger partial charge in [-0.3, -0.25) is 0 Å². The van der Waals surface area contributed by atoms with Crippen molar-refractivity contribution in [2.24, 2.45) is 5.73 Å². The van der Waals surface area contributed by atoms with Crippen LogP contribution in [0.15, 0.2) is 18.2 Å². The lowest BCUT2D eigenvalue weighted by Gasteiger charge is -2.24. The van der Waals surface area contributed by atoms with Crippen molar-refractivity contribution in [3.63, 3.8) is 0 Å². The first kappa shape index (κ1) is 11.0. The van der Waals surface area contributed by atoms with Crippen LogP contribution in [0.5, 0.6) is 5.75 Å². The van der Waals surface area contributed by atoms with Crippen molar-refractivity contribution in [2.45, 2.75) is 26.4 Å². The number of hydrogen-bond acceptors (Lipinski definition) is 2. The quantitative estimate of drug-likeness (QED) is 0.806. The van der Waals surface area contributed by atoms with E-state index in [1.165, 1.54) is 6.07 Å². The molecular formula is C11H16FNO. The molecule has 0 radical (unpaired) electrons. The van der Waals surface area contributed by atoms with E-state index in [9.17, 15) is 4.39 Å². The van der Waals surface area contributed by atoms with Crippen molar-refractivity contribution in [1.29, 1.82) is 0 Å². The minimum absolute atomic E-state index is 0.220. The zero-order valence-electron chi connectivity index (χ0n) is 8.80. The Morgan fingerprint density at radius 1 is 1.43 bits per heavy atom. The summed E-state index contributed by atoms with van der Waals surface area (Å²) in [6.45, 7) is 5.92. The van der Waals surface area contributed by atoms with Crippen LogP contribution in [-0.2, 0) is 0 Å². The number of benzene rings is 1. The smallest absolute Gasteiger partial charge is 0.126 e. The lowest BCUT2D eigenvalue weighted by molar-refractivity contribution is 0.118. The number of hydrogen-bond donors (Lipinski definition) is 1. The Hall–Kier alpha value is -1.09. The summed E-state index contributed by atoms with van der Waals surface area (Å²) in [7, 11) is 0. The average molecular weight is 197 g/mol. The van der Waals surface area contributed by atoms with E-state index in [1.54, 1.807) is 19.1 Å². The molecule has 3 heteroatoms. The minimum atomic E-state index is -0.412. The molecule has 14 heavy (non-hydrogen) atoms. The molecule has 2 N–H and O–H groups in total. The van der Waals surface area contributed by atoms with Crippen LogP contribution in [0.25, 0.3) is 0 Å². The Bertz CT molecular complexity index is 323. The molecule has 78 valence electrons. The molecule has 1 aromatic carbocycles. The second kappa shape index (κ2) is 3.96. The van der Waals surface area contributed by atoms with Gasteiger partial charge in [-0.25, -0.2) is 4.39 Å². The zero-order valence-corrected chi connectivity index (χ0v) is 8.80. The Balaban J connectivity index is 2.83. The fourth-order valence-electron chi connectivity index (χ4n) is 1.04. The van der Waals surface area contributed by atoms with E-state index >= 15 is 0 Å². The highest BCUT2D eigenvalue weighted by Gasteiger charge is 2.17. The number of rotatable bonds is 3. The Labute approximate surface area is 83.9 Å². The van der Waals surface area contributed by atoms with Gasteiger partial charge in [0.1, 0.15) is 17.2 Å². The first-order chi connectivity index (χ1) is 6.44. The van der Waals surface area contributed by atoms with Crippen molar-refractivity contribution < 1.29 is 9.13 Å². The van der Waals surface area contributed by atoms with E-state index < -0.39 is 5.60 Å². The van der Waals surface area contributed by atoms with Gasteiger partial charge < -0.3 is 10.5 Å². The van der Waals surface area contributed by atoms with Gasteiger partial charge in [-0.2, -0.15) is 0 Å². The molecule has 0 amide bonds. The predicted octanol–water partition coefficient (Wildman–Crippen LogP) is 2.25.